The molecule has 1 fully saturated rings. The topological polar surface area (TPSA) is 113 Å². The summed E-state index contributed by atoms with van der Waals surface area (Å²) >= 11 is 0. The molecule has 0 aromatic heterocycles. The fourth-order valence-electron chi connectivity index (χ4n) is 5.21. The highest BCUT2D eigenvalue weighted by Gasteiger charge is 2.52. The number of nitrogens with zero attached hydrogens (tertiary/aromatic N) is 1. The van der Waals surface area contributed by atoms with Crippen LogP contribution in [-0.4, -0.2) is 66.4 Å². The van der Waals surface area contributed by atoms with Crippen molar-refractivity contribution in [1.82, 2.24) is 0 Å². The van der Waals surface area contributed by atoms with Crippen LogP contribution in [0.15, 0.2) is 43.0 Å². The molecule has 1 aromatic rings. The van der Waals surface area contributed by atoms with Crippen LogP contribution in [0, 0.1) is 17.8 Å². The van der Waals surface area contributed by atoms with Crippen molar-refractivity contribution >= 4 is 23.4 Å². The minimum Gasteiger partial charge on any atom is -0.469 e. The third-order valence-electron chi connectivity index (χ3n) is 6.93. The number of rotatable bonds is 10. The van der Waals surface area contributed by atoms with Crippen molar-refractivity contribution in [3.63, 3.8) is 0 Å². The molecule has 2 N–H and O–H groups in total. The van der Waals surface area contributed by atoms with Gasteiger partial charge in [-0.25, -0.2) is 0 Å². The maximum absolute atomic E-state index is 12.6. The number of carbonyl (C=O) groups excluding carboxylic acids is 3. The van der Waals surface area contributed by atoms with Gasteiger partial charge in [-0.3, -0.25) is 14.4 Å². The third kappa shape index (κ3) is 8.17. The molecule has 0 amide bonds. The number of hydrogen-bond donors (Lipinski definition) is 2. The lowest BCUT2D eigenvalue weighted by Crippen LogP contribution is -2.66. The highest BCUT2D eigenvalue weighted by atomic mass is 16.5. The monoisotopic (exact) mass is 505 g/mol. The Bertz CT molecular complexity index is 837. The summed E-state index contributed by atoms with van der Waals surface area (Å²) < 4.78 is 8.60. The number of allylic oxidation sites excluding steroid dienone is 1. The summed E-state index contributed by atoms with van der Waals surface area (Å²) in [6.07, 6.45) is 1.96. The van der Waals surface area contributed by atoms with E-state index in [0.717, 1.165) is 5.69 Å². The minimum absolute atomic E-state index is 0.0448. The first kappa shape index (κ1) is 31.3. The van der Waals surface area contributed by atoms with Gasteiger partial charge in [0.05, 0.1) is 39.1 Å². The van der Waals surface area contributed by atoms with Crippen molar-refractivity contribution < 1.29 is 34.1 Å². The molecule has 36 heavy (non-hydrogen) atoms. The highest BCUT2D eigenvalue weighted by molar-refractivity contribution is 5.93. The lowest BCUT2D eigenvalue weighted by molar-refractivity contribution is -0.147. The molecule has 0 saturated carbocycles. The van der Waals surface area contributed by atoms with Crippen LogP contribution in [0.25, 0.3) is 0 Å². The number of piperidine rings is 1. The van der Waals surface area contributed by atoms with E-state index >= 15 is 0 Å². The molecule has 1 aliphatic heterocycles. The van der Waals surface area contributed by atoms with Gasteiger partial charge >= 0.3 is 11.9 Å². The Morgan fingerprint density at radius 1 is 1.11 bits per heavy atom. The first-order valence-corrected chi connectivity index (χ1v) is 12.4. The standard InChI is InChI=1S/C22H33NO3.C6H10O4/c1-6-19(25)21-20(26)14-18(17(12-13-24)15(2)3)23(22(21,4)5)16-10-8-7-9-11-16;1-9-5(7)3-4-6(8)10-2/h6-11,15,17-18,20-21,24,26H,1,12-14H2,2-5H3;3-4H2,1-2H3. The molecule has 1 aliphatic rings. The number of ketones is 1. The van der Waals surface area contributed by atoms with Crippen LogP contribution in [0.2, 0.25) is 0 Å². The van der Waals surface area contributed by atoms with Crippen LogP contribution >= 0.6 is 0 Å². The van der Waals surface area contributed by atoms with Crippen LogP contribution in [-0.2, 0) is 23.9 Å². The molecule has 4 atom stereocenters. The van der Waals surface area contributed by atoms with E-state index in [-0.39, 0.29) is 37.2 Å². The van der Waals surface area contributed by atoms with Crippen LogP contribution in [0.3, 0.4) is 0 Å². The number of aliphatic hydroxyl groups excluding tert-OH is 2. The van der Waals surface area contributed by atoms with Gasteiger partial charge < -0.3 is 24.6 Å². The fraction of sp³-hybridized carbons (Fsp3) is 0.607. The fourth-order valence-corrected chi connectivity index (χ4v) is 5.21. The normalized spacial score (nSPS) is 21.6. The molecule has 1 saturated heterocycles. The average molecular weight is 506 g/mol. The summed E-state index contributed by atoms with van der Waals surface area (Å²) in [6, 6.07) is 10.1. The first-order chi connectivity index (χ1) is 17.0. The zero-order chi connectivity index (χ0) is 27.5. The Balaban J connectivity index is 0.000000548. The second-order valence-electron chi connectivity index (χ2n) is 9.89. The Labute approximate surface area is 215 Å². The smallest absolute Gasteiger partial charge is 0.306 e. The highest BCUT2D eigenvalue weighted by Crippen LogP contribution is 2.44. The van der Waals surface area contributed by atoms with Crippen LogP contribution in [0.4, 0.5) is 5.69 Å². The molecule has 2 rings (SSSR count). The summed E-state index contributed by atoms with van der Waals surface area (Å²) in [7, 11) is 2.55. The van der Waals surface area contributed by atoms with Gasteiger partial charge in [-0.05, 0) is 56.7 Å². The van der Waals surface area contributed by atoms with Crippen molar-refractivity contribution in [2.45, 2.75) is 71.1 Å². The number of esters is 2. The molecule has 4 unspecified atom stereocenters. The summed E-state index contributed by atoms with van der Waals surface area (Å²) in [5.74, 6) is -0.874. The Morgan fingerprint density at radius 2 is 1.64 bits per heavy atom. The average Bonchev–Trinajstić information content (AvgIpc) is 2.85. The van der Waals surface area contributed by atoms with E-state index in [1.54, 1.807) is 0 Å². The molecule has 202 valence electrons. The summed E-state index contributed by atoms with van der Waals surface area (Å²) in [6.45, 7) is 12.1. The molecule has 0 aliphatic carbocycles. The second-order valence-corrected chi connectivity index (χ2v) is 9.89. The van der Waals surface area contributed by atoms with Crippen LogP contribution in [0.1, 0.15) is 53.4 Å². The number of para-hydroxylation sites is 1. The van der Waals surface area contributed by atoms with E-state index in [1.807, 2.05) is 32.0 Å². The van der Waals surface area contributed by atoms with Gasteiger partial charge in [-0.15, -0.1) is 0 Å². The number of hydrogen-bond acceptors (Lipinski definition) is 8. The van der Waals surface area contributed by atoms with E-state index in [1.165, 1.54) is 20.3 Å². The molecule has 1 heterocycles. The summed E-state index contributed by atoms with van der Waals surface area (Å²) in [4.78, 5) is 35.7. The lowest BCUT2D eigenvalue weighted by atomic mass is 9.68. The Kier molecular flexibility index (Phi) is 12.8. The maximum atomic E-state index is 12.6. The van der Waals surface area contributed by atoms with Crippen molar-refractivity contribution in [2.24, 2.45) is 17.8 Å². The molecule has 0 spiro atoms. The first-order valence-electron chi connectivity index (χ1n) is 12.4. The number of methoxy groups -OCH3 is 2. The van der Waals surface area contributed by atoms with E-state index < -0.39 is 29.5 Å². The van der Waals surface area contributed by atoms with Gasteiger partial charge in [0.25, 0.3) is 0 Å². The maximum Gasteiger partial charge on any atom is 0.306 e. The van der Waals surface area contributed by atoms with Gasteiger partial charge in [0.15, 0.2) is 5.78 Å². The van der Waals surface area contributed by atoms with E-state index in [0.29, 0.717) is 18.8 Å². The minimum atomic E-state index is -0.722. The zero-order valence-electron chi connectivity index (χ0n) is 22.5. The molecular weight excluding hydrogens is 462 g/mol. The van der Waals surface area contributed by atoms with Crippen molar-refractivity contribution in [2.75, 3.05) is 25.7 Å². The summed E-state index contributed by atoms with van der Waals surface area (Å²) in [5.41, 5.74) is 0.470. The molecule has 0 radical (unpaired) electrons. The van der Waals surface area contributed by atoms with Gasteiger partial charge in [0.1, 0.15) is 0 Å². The predicted molar refractivity (Wildman–Crippen MR) is 139 cm³/mol. The third-order valence-corrected chi connectivity index (χ3v) is 6.93. The van der Waals surface area contributed by atoms with Gasteiger partial charge in [0.2, 0.25) is 0 Å². The lowest BCUT2D eigenvalue weighted by Gasteiger charge is -2.57. The second kappa shape index (κ2) is 14.8. The number of anilines is 1. The van der Waals surface area contributed by atoms with E-state index in [2.05, 4.69) is 46.9 Å². The van der Waals surface area contributed by atoms with Crippen molar-refractivity contribution in [1.29, 1.82) is 0 Å². The van der Waals surface area contributed by atoms with E-state index in [4.69, 9.17) is 0 Å². The predicted octanol–water partition coefficient (Wildman–Crippen LogP) is 3.54. The Morgan fingerprint density at radius 3 is 2.06 bits per heavy atom. The largest absolute Gasteiger partial charge is 0.469 e. The van der Waals surface area contributed by atoms with Crippen LogP contribution < -0.4 is 4.90 Å². The van der Waals surface area contributed by atoms with Crippen molar-refractivity contribution in [3.05, 3.63) is 43.0 Å². The summed E-state index contributed by atoms with van der Waals surface area (Å²) in [5, 5.41) is 20.5. The van der Waals surface area contributed by atoms with Crippen LogP contribution in [0.5, 0.6) is 0 Å². The quantitative estimate of drug-likeness (QED) is 0.367. The molecular formula is C28H43NO7. The number of ether oxygens (including phenoxy) is 2. The molecule has 1 aromatic carbocycles. The number of carbonyl (C=O) groups is 3. The van der Waals surface area contributed by atoms with Gasteiger partial charge in [-0.2, -0.15) is 0 Å². The van der Waals surface area contributed by atoms with Gasteiger partial charge in [0, 0.05) is 23.9 Å². The molecule has 8 heteroatoms. The number of benzene rings is 1. The molecule has 0 bridgehead atoms. The zero-order valence-corrected chi connectivity index (χ0v) is 22.5. The Hall–Kier alpha value is -2.71. The van der Waals surface area contributed by atoms with Crippen molar-refractivity contribution in [3.8, 4) is 0 Å². The van der Waals surface area contributed by atoms with E-state index in [9.17, 15) is 24.6 Å². The number of aliphatic hydroxyl groups is 2. The SMILES string of the molecule is C=CC(=O)C1C(O)CC(C(CCO)C(C)C)N(c2ccccc2)C1(C)C.COC(=O)CCC(=O)OC. The van der Waals surface area contributed by atoms with Gasteiger partial charge in [-0.1, -0.05) is 38.6 Å². The molecule has 8 nitrogen and oxygen atoms in total.